The molecule has 0 fully saturated rings. The third kappa shape index (κ3) is 2.99. The van der Waals surface area contributed by atoms with Crippen LogP contribution in [0.4, 0.5) is 5.69 Å². The Morgan fingerprint density at radius 2 is 2.19 bits per heavy atom. The van der Waals surface area contributed by atoms with Crippen molar-refractivity contribution in [1.82, 2.24) is 0 Å². The molecule has 0 aromatic heterocycles. The summed E-state index contributed by atoms with van der Waals surface area (Å²) in [4.78, 5) is 11.6. The Bertz CT molecular complexity index is 374. The normalized spacial score (nSPS) is 12.0. The summed E-state index contributed by atoms with van der Waals surface area (Å²) in [6.07, 6.45) is 1.01. The first kappa shape index (κ1) is 12.6. The fraction of sp³-hybridized carbons (Fsp3) is 0.462. The van der Waals surface area contributed by atoms with Crippen molar-refractivity contribution in [2.75, 3.05) is 12.4 Å². The number of benzene rings is 1. The molecule has 1 aromatic carbocycles. The van der Waals surface area contributed by atoms with Gasteiger partial charge in [0.1, 0.15) is 0 Å². The molecule has 0 saturated heterocycles. The largest absolute Gasteiger partial charge is 0.465 e. The molecule has 0 heterocycles. The highest BCUT2D eigenvalue weighted by Gasteiger charge is 2.12. The van der Waals surface area contributed by atoms with E-state index in [1.54, 1.807) is 0 Å². The van der Waals surface area contributed by atoms with E-state index < -0.39 is 0 Å². The van der Waals surface area contributed by atoms with E-state index in [0.717, 1.165) is 17.7 Å². The second-order valence-corrected chi connectivity index (χ2v) is 3.99. The number of anilines is 1. The molecule has 0 saturated carbocycles. The first-order valence-corrected chi connectivity index (χ1v) is 5.54. The van der Waals surface area contributed by atoms with Crippen molar-refractivity contribution >= 4 is 11.7 Å². The Balaban J connectivity index is 3.02. The van der Waals surface area contributed by atoms with Gasteiger partial charge in [-0.3, -0.25) is 0 Å². The van der Waals surface area contributed by atoms with E-state index in [4.69, 9.17) is 4.74 Å². The van der Waals surface area contributed by atoms with Crippen LogP contribution in [-0.2, 0) is 4.74 Å². The Morgan fingerprint density at radius 3 is 2.75 bits per heavy atom. The van der Waals surface area contributed by atoms with Crippen LogP contribution in [0.2, 0.25) is 0 Å². The van der Waals surface area contributed by atoms with Crippen LogP contribution in [0, 0.1) is 6.92 Å². The van der Waals surface area contributed by atoms with Crippen molar-refractivity contribution in [3.8, 4) is 0 Å². The number of methoxy groups -OCH3 is 1. The van der Waals surface area contributed by atoms with Crippen molar-refractivity contribution in [3.63, 3.8) is 0 Å². The number of hydrogen-bond acceptors (Lipinski definition) is 3. The lowest BCUT2D eigenvalue weighted by atomic mass is 10.1. The summed E-state index contributed by atoms with van der Waals surface area (Å²) in [5, 5.41) is 3.30. The van der Waals surface area contributed by atoms with Crippen LogP contribution in [0.25, 0.3) is 0 Å². The van der Waals surface area contributed by atoms with Gasteiger partial charge in [0.05, 0.1) is 12.7 Å². The predicted octanol–water partition coefficient (Wildman–Crippen LogP) is 2.99. The molecule has 1 atom stereocenters. The highest BCUT2D eigenvalue weighted by molar-refractivity contribution is 5.95. The van der Waals surface area contributed by atoms with Gasteiger partial charge >= 0.3 is 5.97 Å². The first-order chi connectivity index (χ1) is 7.58. The molecule has 0 bridgehead atoms. The van der Waals surface area contributed by atoms with Crippen LogP contribution >= 0.6 is 0 Å². The molecule has 1 rings (SSSR count). The van der Waals surface area contributed by atoms with E-state index in [9.17, 15) is 4.79 Å². The second kappa shape index (κ2) is 5.54. The van der Waals surface area contributed by atoms with E-state index in [0.29, 0.717) is 11.6 Å². The standard InChI is InChI=1S/C13H19NO2/c1-5-10(3)14-12-7-6-9(2)8-11(12)13(15)16-4/h6-8,10,14H,5H2,1-4H3. The third-order valence-corrected chi connectivity index (χ3v) is 2.59. The lowest BCUT2D eigenvalue weighted by Gasteiger charge is -2.16. The Morgan fingerprint density at radius 1 is 1.50 bits per heavy atom. The van der Waals surface area contributed by atoms with Gasteiger partial charge in [0.2, 0.25) is 0 Å². The minimum absolute atomic E-state index is 0.297. The minimum Gasteiger partial charge on any atom is -0.465 e. The summed E-state index contributed by atoms with van der Waals surface area (Å²) in [6, 6.07) is 6.09. The zero-order valence-corrected chi connectivity index (χ0v) is 10.3. The smallest absolute Gasteiger partial charge is 0.339 e. The van der Waals surface area contributed by atoms with Gasteiger partial charge in [-0.1, -0.05) is 18.6 Å². The molecule has 3 heteroatoms. The van der Waals surface area contributed by atoms with Gasteiger partial charge in [-0.05, 0) is 32.4 Å². The van der Waals surface area contributed by atoms with Crippen LogP contribution in [-0.4, -0.2) is 19.1 Å². The van der Waals surface area contributed by atoms with Gasteiger partial charge in [-0.15, -0.1) is 0 Å². The number of ether oxygens (including phenoxy) is 1. The molecular formula is C13H19NO2. The maximum atomic E-state index is 11.6. The van der Waals surface area contributed by atoms with Gasteiger partial charge < -0.3 is 10.1 Å². The van der Waals surface area contributed by atoms with Gasteiger partial charge in [0.15, 0.2) is 0 Å². The van der Waals surface area contributed by atoms with Crippen LogP contribution < -0.4 is 5.32 Å². The average molecular weight is 221 g/mol. The van der Waals surface area contributed by atoms with E-state index >= 15 is 0 Å². The van der Waals surface area contributed by atoms with E-state index in [2.05, 4.69) is 19.2 Å². The quantitative estimate of drug-likeness (QED) is 0.794. The topological polar surface area (TPSA) is 38.3 Å². The Labute approximate surface area is 96.8 Å². The molecule has 0 amide bonds. The van der Waals surface area contributed by atoms with Crippen molar-refractivity contribution in [2.45, 2.75) is 33.2 Å². The molecule has 1 N–H and O–H groups in total. The number of rotatable bonds is 4. The summed E-state index contributed by atoms with van der Waals surface area (Å²) in [6.45, 7) is 6.14. The zero-order chi connectivity index (χ0) is 12.1. The third-order valence-electron chi connectivity index (χ3n) is 2.59. The van der Waals surface area contributed by atoms with Crippen molar-refractivity contribution in [3.05, 3.63) is 29.3 Å². The zero-order valence-electron chi connectivity index (χ0n) is 10.3. The molecule has 1 aromatic rings. The molecule has 1 unspecified atom stereocenters. The lowest BCUT2D eigenvalue weighted by molar-refractivity contribution is 0.0601. The number of hydrogen-bond donors (Lipinski definition) is 1. The fourth-order valence-electron chi connectivity index (χ4n) is 1.43. The van der Waals surface area contributed by atoms with Gasteiger partial charge in [0, 0.05) is 11.7 Å². The second-order valence-electron chi connectivity index (χ2n) is 3.99. The number of nitrogens with one attached hydrogen (secondary N) is 1. The maximum Gasteiger partial charge on any atom is 0.339 e. The molecule has 0 radical (unpaired) electrons. The Kier molecular flexibility index (Phi) is 4.35. The number of carbonyl (C=O) groups is 1. The Hall–Kier alpha value is -1.51. The van der Waals surface area contributed by atoms with Crippen molar-refractivity contribution < 1.29 is 9.53 Å². The van der Waals surface area contributed by atoms with Crippen LogP contribution in [0.15, 0.2) is 18.2 Å². The molecule has 0 aliphatic rings. The monoisotopic (exact) mass is 221 g/mol. The average Bonchev–Trinajstić information content (AvgIpc) is 2.30. The maximum absolute atomic E-state index is 11.6. The van der Waals surface area contributed by atoms with E-state index in [-0.39, 0.29) is 5.97 Å². The summed E-state index contributed by atoms with van der Waals surface area (Å²) in [7, 11) is 1.40. The summed E-state index contributed by atoms with van der Waals surface area (Å²) in [5.41, 5.74) is 2.49. The minimum atomic E-state index is -0.297. The highest BCUT2D eigenvalue weighted by atomic mass is 16.5. The van der Waals surface area contributed by atoms with Crippen LogP contribution in [0.1, 0.15) is 36.2 Å². The summed E-state index contributed by atoms with van der Waals surface area (Å²) in [5.74, 6) is -0.297. The molecule has 0 spiro atoms. The van der Waals surface area contributed by atoms with Gasteiger partial charge in [-0.2, -0.15) is 0 Å². The van der Waals surface area contributed by atoms with Crippen molar-refractivity contribution in [2.24, 2.45) is 0 Å². The van der Waals surface area contributed by atoms with Gasteiger partial charge in [0.25, 0.3) is 0 Å². The first-order valence-electron chi connectivity index (χ1n) is 5.54. The summed E-state index contributed by atoms with van der Waals surface area (Å²) < 4.78 is 4.77. The molecule has 16 heavy (non-hydrogen) atoms. The molecular weight excluding hydrogens is 202 g/mol. The van der Waals surface area contributed by atoms with Crippen LogP contribution in [0.5, 0.6) is 0 Å². The molecule has 88 valence electrons. The number of carbonyl (C=O) groups excluding carboxylic acids is 1. The highest BCUT2D eigenvalue weighted by Crippen LogP contribution is 2.19. The number of esters is 1. The SMILES string of the molecule is CCC(C)Nc1ccc(C)cc1C(=O)OC. The summed E-state index contributed by atoms with van der Waals surface area (Å²) >= 11 is 0. The molecule has 3 nitrogen and oxygen atoms in total. The van der Waals surface area contributed by atoms with Crippen molar-refractivity contribution in [1.29, 1.82) is 0 Å². The predicted molar refractivity (Wildman–Crippen MR) is 65.9 cm³/mol. The van der Waals surface area contributed by atoms with E-state index in [1.807, 2.05) is 25.1 Å². The lowest BCUT2D eigenvalue weighted by Crippen LogP contribution is -2.16. The molecule has 0 aliphatic carbocycles. The fourth-order valence-corrected chi connectivity index (χ4v) is 1.43. The van der Waals surface area contributed by atoms with Gasteiger partial charge in [-0.25, -0.2) is 4.79 Å². The van der Waals surface area contributed by atoms with E-state index in [1.165, 1.54) is 7.11 Å². The molecule has 0 aliphatic heterocycles. The van der Waals surface area contributed by atoms with Crippen LogP contribution in [0.3, 0.4) is 0 Å². The number of aryl methyl sites for hydroxylation is 1.